The number of carbonyl (C=O) groups excluding carboxylic acids is 1. The highest BCUT2D eigenvalue weighted by molar-refractivity contribution is 5.78. The van der Waals surface area contributed by atoms with E-state index in [1.165, 1.54) is 38.0 Å². The van der Waals surface area contributed by atoms with E-state index in [4.69, 9.17) is 9.47 Å². The van der Waals surface area contributed by atoms with Crippen LogP contribution in [0.25, 0.3) is 0 Å². The molecular formula is C25H37N3O3. The third-order valence-electron chi connectivity index (χ3n) is 7.96. The Morgan fingerprint density at radius 3 is 2.35 bits per heavy atom. The van der Waals surface area contributed by atoms with Crippen LogP contribution in [0, 0.1) is 0 Å². The van der Waals surface area contributed by atoms with Gasteiger partial charge in [0.15, 0.2) is 0 Å². The summed E-state index contributed by atoms with van der Waals surface area (Å²) in [7, 11) is 0. The van der Waals surface area contributed by atoms with Gasteiger partial charge in [0.25, 0.3) is 0 Å². The van der Waals surface area contributed by atoms with E-state index in [1.807, 2.05) is 11.8 Å². The van der Waals surface area contributed by atoms with Crippen molar-refractivity contribution in [3.63, 3.8) is 0 Å². The summed E-state index contributed by atoms with van der Waals surface area (Å²) in [6.07, 6.45) is 8.77. The van der Waals surface area contributed by atoms with Crippen molar-refractivity contribution in [1.29, 1.82) is 0 Å². The summed E-state index contributed by atoms with van der Waals surface area (Å²) >= 11 is 0. The van der Waals surface area contributed by atoms with E-state index in [0.717, 1.165) is 63.7 Å². The molecule has 6 heteroatoms. The molecule has 3 heterocycles. The molecule has 0 unspecified atom stereocenters. The van der Waals surface area contributed by atoms with E-state index in [2.05, 4.69) is 34.1 Å². The molecule has 4 aliphatic rings. The molecule has 0 radical (unpaired) electrons. The second kappa shape index (κ2) is 8.99. The zero-order chi connectivity index (χ0) is 21.3. The number of likely N-dealkylation sites (N-methyl/N-ethyl adjacent to an activating group) is 1. The third kappa shape index (κ3) is 4.56. The summed E-state index contributed by atoms with van der Waals surface area (Å²) in [5.74, 6) is 1.12. The van der Waals surface area contributed by atoms with E-state index in [1.54, 1.807) is 0 Å². The Kier molecular flexibility index (Phi) is 6.11. The molecule has 0 aromatic heterocycles. The molecule has 1 aromatic carbocycles. The highest BCUT2D eigenvalue weighted by Crippen LogP contribution is 2.33. The minimum atomic E-state index is -0.155. The summed E-state index contributed by atoms with van der Waals surface area (Å²) in [6.45, 7) is 8.10. The Hall–Kier alpha value is -1.79. The number of rotatable bonds is 5. The number of carbonyl (C=O) groups is 1. The van der Waals surface area contributed by atoms with Crippen LogP contribution in [0.3, 0.4) is 0 Å². The minimum absolute atomic E-state index is 0.125. The first-order valence-corrected chi connectivity index (χ1v) is 12.3. The molecule has 0 bridgehead atoms. The molecule has 1 aliphatic carbocycles. The number of ether oxygens (including phenoxy) is 2. The highest BCUT2D eigenvalue weighted by Gasteiger charge is 2.41. The van der Waals surface area contributed by atoms with Crippen LogP contribution < -0.4 is 9.64 Å². The predicted molar refractivity (Wildman–Crippen MR) is 122 cm³/mol. The second-order valence-electron chi connectivity index (χ2n) is 9.80. The van der Waals surface area contributed by atoms with Gasteiger partial charge in [0.2, 0.25) is 5.91 Å². The van der Waals surface area contributed by atoms with Gasteiger partial charge in [0.1, 0.15) is 18.5 Å². The van der Waals surface area contributed by atoms with Crippen LogP contribution in [-0.4, -0.2) is 79.3 Å². The third-order valence-corrected chi connectivity index (χ3v) is 7.96. The van der Waals surface area contributed by atoms with Gasteiger partial charge in [0, 0.05) is 51.0 Å². The molecule has 5 rings (SSSR count). The molecule has 4 fully saturated rings. The molecule has 1 saturated carbocycles. The van der Waals surface area contributed by atoms with Crippen LogP contribution in [0.15, 0.2) is 24.3 Å². The molecule has 1 spiro atoms. The van der Waals surface area contributed by atoms with Gasteiger partial charge >= 0.3 is 0 Å². The maximum Gasteiger partial charge on any atom is 0.248 e. The number of benzene rings is 1. The maximum absolute atomic E-state index is 12.0. The lowest BCUT2D eigenvalue weighted by Gasteiger charge is -2.47. The van der Waals surface area contributed by atoms with Crippen molar-refractivity contribution in [2.45, 2.75) is 69.6 Å². The van der Waals surface area contributed by atoms with Gasteiger partial charge in [-0.1, -0.05) is 6.42 Å². The normalized spacial score (nSPS) is 25.6. The lowest BCUT2D eigenvalue weighted by molar-refractivity contribution is -0.166. The average molecular weight is 428 g/mol. The first kappa shape index (κ1) is 21.1. The lowest BCUT2D eigenvalue weighted by Crippen LogP contribution is -2.58. The van der Waals surface area contributed by atoms with Crippen molar-refractivity contribution >= 4 is 11.6 Å². The number of morpholine rings is 1. The van der Waals surface area contributed by atoms with Gasteiger partial charge in [-0.3, -0.25) is 4.79 Å². The van der Waals surface area contributed by atoms with Gasteiger partial charge < -0.3 is 24.2 Å². The lowest BCUT2D eigenvalue weighted by atomic mass is 9.89. The zero-order valence-corrected chi connectivity index (χ0v) is 18.9. The topological polar surface area (TPSA) is 45.2 Å². The van der Waals surface area contributed by atoms with Crippen LogP contribution in [-0.2, 0) is 9.53 Å². The van der Waals surface area contributed by atoms with Crippen molar-refractivity contribution in [3.8, 4) is 5.75 Å². The minimum Gasteiger partial charge on any atom is -0.490 e. The van der Waals surface area contributed by atoms with Crippen molar-refractivity contribution in [1.82, 2.24) is 9.80 Å². The molecule has 1 aromatic rings. The fraction of sp³-hybridized carbons (Fsp3) is 0.720. The summed E-state index contributed by atoms with van der Waals surface area (Å²) in [4.78, 5) is 19.0. The largest absolute Gasteiger partial charge is 0.490 e. The quantitative estimate of drug-likeness (QED) is 0.722. The van der Waals surface area contributed by atoms with Crippen LogP contribution in [0.1, 0.15) is 51.9 Å². The van der Waals surface area contributed by atoms with E-state index < -0.39 is 0 Å². The molecule has 170 valence electrons. The van der Waals surface area contributed by atoms with Crippen LogP contribution >= 0.6 is 0 Å². The van der Waals surface area contributed by atoms with Gasteiger partial charge in [-0.25, -0.2) is 0 Å². The summed E-state index contributed by atoms with van der Waals surface area (Å²) in [5.41, 5.74) is 1.10. The first-order valence-electron chi connectivity index (χ1n) is 12.3. The number of hydrogen-bond acceptors (Lipinski definition) is 5. The number of nitrogens with zero attached hydrogens (tertiary/aromatic N) is 3. The monoisotopic (exact) mass is 427 g/mol. The smallest absolute Gasteiger partial charge is 0.248 e. The van der Waals surface area contributed by atoms with Crippen LogP contribution in [0.4, 0.5) is 5.69 Å². The van der Waals surface area contributed by atoms with Gasteiger partial charge in [0.05, 0.1) is 5.60 Å². The Balaban J connectivity index is 1.10. The van der Waals surface area contributed by atoms with Crippen molar-refractivity contribution in [3.05, 3.63) is 24.3 Å². The SMILES string of the molecule is CCN1CC2(CCN(c3ccc(OC4CCN(C5CCC5)CC4)cc3)CC2)OCC1=O. The van der Waals surface area contributed by atoms with Crippen LogP contribution in [0.5, 0.6) is 5.75 Å². The van der Waals surface area contributed by atoms with Gasteiger partial charge in [-0.2, -0.15) is 0 Å². The maximum atomic E-state index is 12.0. The van der Waals surface area contributed by atoms with E-state index in [-0.39, 0.29) is 18.1 Å². The number of amides is 1. The molecule has 6 nitrogen and oxygen atoms in total. The molecule has 3 saturated heterocycles. The number of anilines is 1. The zero-order valence-electron chi connectivity index (χ0n) is 18.9. The summed E-state index contributed by atoms with van der Waals surface area (Å²) in [5, 5.41) is 0. The molecule has 1 amide bonds. The first-order chi connectivity index (χ1) is 15.1. The summed E-state index contributed by atoms with van der Waals surface area (Å²) < 4.78 is 12.3. The van der Waals surface area contributed by atoms with E-state index >= 15 is 0 Å². The fourth-order valence-corrected chi connectivity index (χ4v) is 5.59. The van der Waals surface area contributed by atoms with Crippen molar-refractivity contribution < 1.29 is 14.3 Å². The molecule has 3 aliphatic heterocycles. The fourth-order valence-electron chi connectivity index (χ4n) is 5.59. The number of likely N-dealkylation sites (tertiary alicyclic amines) is 1. The van der Waals surface area contributed by atoms with Gasteiger partial charge in [-0.15, -0.1) is 0 Å². The Morgan fingerprint density at radius 2 is 1.74 bits per heavy atom. The van der Waals surface area contributed by atoms with Crippen LogP contribution in [0.2, 0.25) is 0 Å². The van der Waals surface area contributed by atoms with E-state index in [9.17, 15) is 4.79 Å². The Bertz CT molecular complexity index is 748. The predicted octanol–water partition coefficient (Wildman–Crippen LogP) is 3.30. The van der Waals surface area contributed by atoms with Crippen molar-refractivity contribution in [2.24, 2.45) is 0 Å². The molecule has 0 N–H and O–H groups in total. The number of piperidine rings is 2. The molecular weight excluding hydrogens is 390 g/mol. The van der Waals surface area contributed by atoms with E-state index in [0.29, 0.717) is 6.10 Å². The standard InChI is InChI=1S/C25H37N3O3/c1-2-26-19-25(30-18-24(26)29)12-16-28(17-13-25)21-6-8-22(9-7-21)31-23-10-14-27(15-11-23)20-4-3-5-20/h6-9,20,23H,2-5,10-19H2,1H3. The second-order valence-corrected chi connectivity index (χ2v) is 9.80. The molecule has 0 atom stereocenters. The number of hydrogen-bond donors (Lipinski definition) is 0. The Morgan fingerprint density at radius 1 is 1.03 bits per heavy atom. The summed E-state index contributed by atoms with van der Waals surface area (Å²) in [6, 6.07) is 9.51. The van der Waals surface area contributed by atoms with Gasteiger partial charge in [-0.05, 0) is 69.7 Å². The average Bonchev–Trinajstić information content (AvgIpc) is 2.77. The highest BCUT2D eigenvalue weighted by atomic mass is 16.5. The molecule has 31 heavy (non-hydrogen) atoms. The van der Waals surface area contributed by atoms with Crippen molar-refractivity contribution in [2.75, 3.05) is 50.8 Å². The Labute approximate surface area is 186 Å².